The second-order valence-corrected chi connectivity index (χ2v) is 14.3. The van der Waals surface area contributed by atoms with Gasteiger partial charge >= 0.3 is 5.97 Å². The van der Waals surface area contributed by atoms with E-state index in [1.165, 1.54) is 51.4 Å². The molecule has 2 N–H and O–H groups in total. The molecule has 9 atom stereocenters. The summed E-state index contributed by atoms with van der Waals surface area (Å²) in [5.41, 5.74) is 2.48. The first kappa shape index (κ1) is 23.9. The number of fused-ring (bicyclic) bond motifs is 2. The number of carbonyl (C=O) groups is 1. The van der Waals surface area contributed by atoms with Crippen molar-refractivity contribution in [1.29, 1.82) is 0 Å². The summed E-state index contributed by atoms with van der Waals surface area (Å²) in [7, 11) is 0. The Hall–Kier alpha value is -0.830. The molecule has 3 heteroatoms. The number of carboxylic acids is 1. The number of aliphatic hydroxyl groups excluding tert-OH is 1. The van der Waals surface area contributed by atoms with E-state index in [0.717, 1.165) is 31.1 Å². The predicted molar refractivity (Wildman–Crippen MR) is 133 cm³/mol. The molecule has 0 aromatic carbocycles. The van der Waals surface area contributed by atoms with Crippen LogP contribution in [0.2, 0.25) is 0 Å². The minimum atomic E-state index is -0.784. The molecule has 5 aliphatic rings. The third-order valence-corrected chi connectivity index (χ3v) is 13.3. The molecule has 33 heavy (non-hydrogen) atoms. The van der Waals surface area contributed by atoms with E-state index in [1.54, 1.807) is 6.92 Å². The van der Waals surface area contributed by atoms with Gasteiger partial charge in [0, 0.05) is 5.57 Å². The van der Waals surface area contributed by atoms with Gasteiger partial charge in [0.1, 0.15) is 0 Å². The fourth-order valence-electron chi connectivity index (χ4n) is 11.2. The van der Waals surface area contributed by atoms with Crippen LogP contribution < -0.4 is 0 Å². The Morgan fingerprint density at radius 3 is 2.30 bits per heavy atom. The third kappa shape index (κ3) is 2.93. The SMILES string of the molecule is C/C(=C\CC[C@@H](C)[C@H]1CC[C@@]2(C)[C@@H]3CC[C@H]4C(C)(C)[C@H](O)CC[C@@]45C[C@@]35CC[C@]12C)C(=O)O. The Morgan fingerprint density at radius 1 is 0.939 bits per heavy atom. The Bertz CT molecular complexity index is 859. The average Bonchev–Trinajstić information content (AvgIpc) is 3.33. The van der Waals surface area contributed by atoms with Gasteiger partial charge in [-0.3, -0.25) is 0 Å². The molecule has 5 saturated carbocycles. The number of aliphatic hydroxyl groups is 1. The molecule has 2 spiro atoms. The maximum Gasteiger partial charge on any atom is 0.330 e. The van der Waals surface area contributed by atoms with Crippen LogP contribution in [0.5, 0.6) is 0 Å². The van der Waals surface area contributed by atoms with Crippen LogP contribution in [0.1, 0.15) is 112 Å². The molecule has 0 aromatic rings. The van der Waals surface area contributed by atoms with Crippen molar-refractivity contribution in [3.05, 3.63) is 11.6 Å². The molecule has 5 rings (SSSR count). The van der Waals surface area contributed by atoms with Gasteiger partial charge in [-0.1, -0.05) is 40.7 Å². The highest BCUT2D eigenvalue weighted by Crippen LogP contribution is 2.89. The lowest BCUT2D eigenvalue weighted by atomic mass is 9.41. The Balaban J connectivity index is 1.37. The van der Waals surface area contributed by atoms with Crippen molar-refractivity contribution in [3.8, 4) is 0 Å². The second-order valence-electron chi connectivity index (χ2n) is 14.3. The highest BCUT2D eigenvalue weighted by Gasteiger charge is 2.82. The van der Waals surface area contributed by atoms with Crippen molar-refractivity contribution < 1.29 is 15.0 Å². The first-order valence-corrected chi connectivity index (χ1v) is 13.9. The monoisotopic (exact) mass is 456 g/mol. The van der Waals surface area contributed by atoms with E-state index in [0.29, 0.717) is 39.1 Å². The number of aliphatic carboxylic acids is 1. The lowest BCUT2D eigenvalue weighted by Crippen LogP contribution is -2.57. The molecular formula is C30H48O3. The van der Waals surface area contributed by atoms with Gasteiger partial charge < -0.3 is 10.2 Å². The zero-order valence-corrected chi connectivity index (χ0v) is 22.0. The van der Waals surface area contributed by atoms with Crippen LogP contribution in [0, 0.1) is 50.7 Å². The smallest absolute Gasteiger partial charge is 0.330 e. The fraction of sp³-hybridized carbons (Fsp3) is 0.900. The van der Waals surface area contributed by atoms with E-state index >= 15 is 0 Å². The number of carboxylic acid groups (broad SMARTS) is 1. The number of hydrogen-bond donors (Lipinski definition) is 2. The molecule has 186 valence electrons. The molecule has 0 bridgehead atoms. The first-order valence-electron chi connectivity index (χ1n) is 13.9. The molecule has 0 unspecified atom stereocenters. The molecule has 0 radical (unpaired) electrons. The summed E-state index contributed by atoms with van der Waals surface area (Å²) in [5, 5.41) is 20.0. The number of allylic oxidation sites excluding steroid dienone is 1. The van der Waals surface area contributed by atoms with Crippen LogP contribution in [-0.2, 0) is 4.79 Å². The van der Waals surface area contributed by atoms with Crippen molar-refractivity contribution in [2.24, 2.45) is 50.7 Å². The Labute approximate surface area is 201 Å². The van der Waals surface area contributed by atoms with Crippen molar-refractivity contribution in [2.45, 2.75) is 118 Å². The molecule has 0 heterocycles. The zero-order valence-electron chi connectivity index (χ0n) is 22.0. The van der Waals surface area contributed by atoms with Crippen molar-refractivity contribution in [3.63, 3.8) is 0 Å². The van der Waals surface area contributed by atoms with Gasteiger partial charge in [0.15, 0.2) is 0 Å². The maximum absolute atomic E-state index is 11.2. The summed E-state index contributed by atoms with van der Waals surface area (Å²) >= 11 is 0. The van der Waals surface area contributed by atoms with E-state index in [2.05, 4.69) is 34.6 Å². The van der Waals surface area contributed by atoms with Crippen molar-refractivity contribution in [2.75, 3.05) is 0 Å². The average molecular weight is 457 g/mol. The number of hydrogen-bond acceptors (Lipinski definition) is 2. The predicted octanol–water partition coefficient (Wildman–Crippen LogP) is 7.23. The highest BCUT2D eigenvalue weighted by atomic mass is 16.4. The normalized spacial score (nSPS) is 51.1. The van der Waals surface area contributed by atoms with Gasteiger partial charge in [-0.25, -0.2) is 4.79 Å². The van der Waals surface area contributed by atoms with Gasteiger partial charge in [-0.2, -0.15) is 0 Å². The quantitative estimate of drug-likeness (QED) is 0.429. The summed E-state index contributed by atoms with van der Waals surface area (Å²) in [6.45, 7) is 14.2. The molecule has 0 saturated heterocycles. The zero-order chi connectivity index (χ0) is 24.0. The van der Waals surface area contributed by atoms with Crippen LogP contribution in [0.4, 0.5) is 0 Å². The van der Waals surface area contributed by atoms with E-state index < -0.39 is 5.97 Å². The summed E-state index contributed by atoms with van der Waals surface area (Å²) in [6.07, 6.45) is 15.7. The van der Waals surface area contributed by atoms with E-state index in [4.69, 9.17) is 0 Å². The standard InChI is InChI=1S/C30H48O3/c1-19(8-7-9-20(2)25(32)33)21-12-14-28(6)23-11-10-22-26(3,4)24(31)13-15-29(22)18-30(23,29)17-16-27(21,28)5/h9,19,21-24,31H,7-8,10-18H2,1-6H3,(H,32,33)/b20-9+/t19-,21-,22+,23+,24-,27-,28+,29-,30+/m1/s1. The lowest BCUT2D eigenvalue weighted by Gasteiger charge is -2.63. The second kappa shape index (κ2) is 7.34. The van der Waals surface area contributed by atoms with Crippen molar-refractivity contribution in [1.82, 2.24) is 0 Å². The molecule has 5 fully saturated rings. The summed E-state index contributed by atoms with van der Waals surface area (Å²) in [5.74, 6) is 2.19. The van der Waals surface area contributed by atoms with Crippen LogP contribution in [0.25, 0.3) is 0 Å². The summed E-state index contributed by atoms with van der Waals surface area (Å²) in [6, 6.07) is 0. The first-order chi connectivity index (χ1) is 15.4. The summed E-state index contributed by atoms with van der Waals surface area (Å²) in [4.78, 5) is 11.2. The maximum atomic E-state index is 11.2. The molecule has 5 aliphatic carbocycles. The minimum absolute atomic E-state index is 0.0721. The van der Waals surface area contributed by atoms with Gasteiger partial charge in [0.25, 0.3) is 0 Å². The topological polar surface area (TPSA) is 57.5 Å². The molecule has 3 nitrogen and oxygen atoms in total. The van der Waals surface area contributed by atoms with Gasteiger partial charge in [-0.05, 0) is 128 Å². The van der Waals surface area contributed by atoms with Crippen LogP contribution in [0.15, 0.2) is 11.6 Å². The Morgan fingerprint density at radius 2 is 1.61 bits per heavy atom. The lowest BCUT2D eigenvalue weighted by molar-refractivity contribution is -0.161. The minimum Gasteiger partial charge on any atom is -0.478 e. The van der Waals surface area contributed by atoms with Crippen LogP contribution >= 0.6 is 0 Å². The van der Waals surface area contributed by atoms with Gasteiger partial charge in [0.2, 0.25) is 0 Å². The largest absolute Gasteiger partial charge is 0.478 e. The highest BCUT2D eigenvalue weighted by molar-refractivity contribution is 5.85. The van der Waals surface area contributed by atoms with Gasteiger partial charge in [0.05, 0.1) is 6.10 Å². The number of rotatable bonds is 5. The van der Waals surface area contributed by atoms with Gasteiger partial charge in [-0.15, -0.1) is 0 Å². The fourth-order valence-corrected chi connectivity index (χ4v) is 11.2. The molecule has 0 aliphatic heterocycles. The van der Waals surface area contributed by atoms with E-state index in [9.17, 15) is 15.0 Å². The van der Waals surface area contributed by atoms with Crippen LogP contribution in [-0.4, -0.2) is 22.3 Å². The van der Waals surface area contributed by atoms with E-state index in [-0.39, 0.29) is 11.5 Å². The third-order valence-electron chi connectivity index (χ3n) is 13.3. The molecule has 0 amide bonds. The van der Waals surface area contributed by atoms with E-state index in [1.807, 2.05) is 6.08 Å². The molecular weight excluding hydrogens is 408 g/mol. The Kier molecular flexibility index (Phi) is 5.31. The van der Waals surface area contributed by atoms with Crippen LogP contribution in [0.3, 0.4) is 0 Å². The van der Waals surface area contributed by atoms with Crippen molar-refractivity contribution >= 4 is 5.97 Å². The summed E-state index contributed by atoms with van der Waals surface area (Å²) < 4.78 is 0. The molecule has 0 aromatic heterocycles.